The number of rotatable bonds is 2. The number of carbonyl (C=O) groups excluding carboxylic acids is 1. The molecule has 17 heavy (non-hydrogen) atoms. The Hall–Kier alpha value is -0.570. The van der Waals surface area contributed by atoms with Gasteiger partial charge in [0.2, 0.25) is 5.91 Å². The third-order valence-corrected chi connectivity index (χ3v) is 4.42. The maximum atomic E-state index is 12.0. The van der Waals surface area contributed by atoms with Crippen LogP contribution in [0, 0.1) is 11.3 Å². The van der Waals surface area contributed by atoms with Crippen molar-refractivity contribution in [1.82, 2.24) is 10.2 Å². The molecule has 2 fully saturated rings. The van der Waals surface area contributed by atoms with Gasteiger partial charge in [-0.25, -0.2) is 0 Å². The van der Waals surface area contributed by atoms with Crippen molar-refractivity contribution < 1.29 is 4.79 Å². The largest absolute Gasteiger partial charge is 0.343 e. The van der Waals surface area contributed by atoms with Gasteiger partial charge in [0.1, 0.15) is 0 Å². The molecule has 3 nitrogen and oxygen atoms in total. The fourth-order valence-corrected chi connectivity index (χ4v) is 3.17. The molecule has 0 atom stereocenters. The van der Waals surface area contributed by atoms with E-state index in [2.05, 4.69) is 24.1 Å². The van der Waals surface area contributed by atoms with Crippen LogP contribution >= 0.6 is 0 Å². The smallest absolute Gasteiger partial charge is 0.222 e. The van der Waals surface area contributed by atoms with Crippen LogP contribution < -0.4 is 5.32 Å². The van der Waals surface area contributed by atoms with Gasteiger partial charge in [0.15, 0.2) is 0 Å². The number of amides is 1. The standard InChI is InChI=1S/C14H26N2O/c1-12(2)11-13(17)16-9-5-14(6-10-16)3-7-15-8-4-14/h12,15H,3-11H2,1-2H3. The lowest BCUT2D eigenvalue weighted by Gasteiger charge is -2.44. The van der Waals surface area contributed by atoms with E-state index in [0.717, 1.165) is 13.1 Å². The van der Waals surface area contributed by atoms with Gasteiger partial charge in [0, 0.05) is 19.5 Å². The molecule has 0 aliphatic carbocycles. The van der Waals surface area contributed by atoms with Crippen molar-refractivity contribution in [3.05, 3.63) is 0 Å². The molecule has 2 saturated heterocycles. The molecule has 0 aromatic rings. The van der Waals surface area contributed by atoms with E-state index in [1.165, 1.54) is 38.8 Å². The Labute approximate surface area is 105 Å². The zero-order valence-electron chi connectivity index (χ0n) is 11.3. The maximum Gasteiger partial charge on any atom is 0.222 e. The number of nitrogens with zero attached hydrogens (tertiary/aromatic N) is 1. The molecule has 1 amide bonds. The van der Waals surface area contributed by atoms with Crippen LogP contribution in [0.25, 0.3) is 0 Å². The van der Waals surface area contributed by atoms with Crippen molar-refractivity contribution in [2.75, 3.05) is 26.2 Å². The van der Waals surface area contributed by atoms with Gasteiger partial charge in [-0.15, -0.1) is 0 Å². The van der Waals surface area contributed by atoms with Crippen LogP contribution in [0.1, 0.15) is 46.0 Å². The molecule has 1 N–H and O–H groups in total. The average molecular weight is 238 g/mol. The van der Waals surface area contributed by atoms with Gasteiger partial charge in [-0.3, -0.25) is 4.79 Å². The van der Waals surface area contributed by atoms with Crippen LogP contribution in [0.2, 0.25) is 0 Å². The lowest BCUT2D eigenvalue weighted by molar-refractivity contribution is -0.134. The van der Waals surface area contributed by atoms with Crippen LogP contribution in [0.4, 0.5) is 0 Å². The molecule has 0 aromatic heterocycles. The van der Waals surface area contributed by atoms with Crippen molar-refractivity contribution in [3.63, 3.8) is 0 Å². The van der Waals surface area contributed by atoms with Crippen molar-refractivity contribution in [2.45, 2.75) is 46.0 Å². The predicted molar refractivity (Wildman–Crippen MR) is 69.8 cm³/mol. The second kappa shape index (κ2) is 5.38. The van der Waals surface area contributed by atoms with Crippen LogP contribution in [-0.4, -0.2) is 37.0 Å². The Morgan fingerprint density at radius 3 is 2.29 bits per heavy atom. The van der Waals surface area contributed by atoms with E-state index in [4.69, 9.17) is 0 Å². The molecular formula is C14H26N2O. The summed E-state index contributed by atoms with van der Waals surface area (Å²) in [6.45, 7) is 8.56. The van der Waals surface area contributed by atoms with E-state index in [-0.39, 0.29) is 0 Å². The van der Waals surface area contributed by atoms with Crippen LogP contribution in [-0.2, 0) is 4.79 Å². The zero-order valence-corrected chi connectivity index (χ0v) is 11.3. The van der Waals surface area contributed by atoms with E-state index in [0.29, 0.717) is 23.7 Å². The quantitative estimate of drug-likeness (QED) is 0.798. The number of hydrogen-bond acceptors (Lipinski definition) is 2. The molecule has 0 unspecified atom stereocenters. The Bertz CT molecular complexity index is 259. The second-order valence-electron chi connectivity index (χ2n) is 6.23. The number of likely N-dealkylation sites (tertiary alicyclic amines) is 1. The van der Waals surface area contributed by atoms with Gasteiger partial charge >= 0.3 is 0 Å². The summed E-state index contributed by atoms with van der Waals surface area (Å²) in [5.74, 6) is 0.848. The normalized spacial score (nSPS) is 24.3. The molecule has 2 aliphatic rings. The van der Waals surface area contributed by atoms with E-state index < -0.39 is 0 Å². The molecule has 2 heterocycles. The first kappa shape index (κ1) is 12.9. The van der Waals surface area contributed by atoms with Gasteiger partial charge in [0.25, 0.3) is 0 Å². The van der Waals surface area contributed by atoms with Crippen molar-refractivity contribution in [1.29, 1.82) is 0 Å². The van der Waals surface area contributed by atoms with Crippen LogP contribution in [0.5, 0.6) is 0 Å². The first-order valence-electron chi connectivity index (χ1n) is 7.10. The molecule has 2 rings (SSSR count). The molecule has 98 valence electrons. The average Bonchev–Trinajstić information content (AvgIpc) is 2.30. The minimum Gasteiger partial charge on any atom is -0.343 e. The fourth-order valence-electron chi connectivity index (χ4n) is 3.17. The van der Waals surface area contributed by atoms with Gasteiger partial charge in [0.05, 0.1) is 0 Å². The van der Waals surface area contributed by atoms with Crippen LogP contribution in [0.3, 0.4) is 0 Å². The maximum absolute atomic E-state index is 12.0. The SMILES string of the molecule is CC(C)CC(=O)N1CCC2(CCNCC2)CC1. The van der Waals surface area contributed by atoms with E-state index in [9.17, 15) is 4.79 Å². The van der Waals surface area contributed by atoms with Gasteiger partial charge in [-0.05, 0) is 50.1 Å². The Kier molecular flexibility index (Phi) is 4.08. The predicted octanol–water partition coefficient (Wildman–Crippen LogP) is 2.02. The first-order valence-corrected chi connectivity index (χ1v) is 7.10. The van der Waals surface area contributed by atoms with E-state index >= 15 is 0 Å². The minimum atomic E-state index is 0.365. The van der Waals surface area contributed by atoms with Gasteiger partial charge in [-0.1, -0.05) is 13.8 Å². The highest BCUT2D eigenvalue weighted by Gasteiger charge is 2.36. The summed E-state index contributed by atoms with van der Waals surface area (Å²) in [6.07, 6.45) is 5.77. The third kappa shape index (κ3) is 3.21. The van der Waals surface area contributed by atoms with Gasteiger partial charge < -0.3 is 10.2 Å². The molecule has 3 heteroatoms. The summed E-state index contributed by atoms with van der Waals surface area (Å²) in [5, 5.41) is 3.44. The zero-order chi connectivity index (χ0) is 12.3. The Morgan fingerprint density at radius 1 is 1.18 bits per heavy atom. The molecule has 0 aromatic carbocycles. The van der Waals surface area contributed by atoms with Crippen molar-refractivity contribution in [3.8, 4) is 0 Å². The number of nitrogens with one attached hydrogen (secondary N) is 1. The Balaban J connectivity index is 1.82. The van der Waals surface area contributed by atoms with Crippen molar-refractivity contribution >= 4 is 5.91 Å². The third-order valence-electron chi connectivity index (χ3n) is 4.42. The molecule has 1 spiro atoms. The van der Waals surface area contributed by atoms with E-state index in [1.807, 2.05) is 0 Å². The summed E-state index contributed by atoms with van der Waals surface area (Å²) in [5.41, 5.74) is 0.555. The highest BCUT2D eigenvalue weighted by atomic mass is 16.2. The van der Waals surface area contributed by atoms with Crippen molar-refractivity contribution in [2.24, 2.45) is 11.3 Å². The molecule has 0 bridgehead atoms. The summed E-state index contributed by atoms with van der Waals surface area (Å²) in [7, 11) is 0. The topological polar surface area (TPSA) is 32.3 Å². The number of carbonyl (C=O) groups is 1. The summed E-state index contributed by atoms with van der Waals surface area (Å²) in [6, 6.07) is 0. The molecule has 0 saturated carbocycles. The monoisotopic (exact) mass is 238 g/mol. The fraction of sp³-hybridized carbons (Fsp3) is 0.929. The van der Waals surface area contributed by atoms with Gasteiger partial charge in [-0.2, -0.15) is 0 Å². The first-order chi connectivity index (χ1) is 8.11. The minimum absolute atomic E-state index is 0.365. The Morgan fingerprint density at radius 2 is 1.76 bits per heavy atom. The van der Waals surface area contributed by atoms with E-state index in [1.54, 1.807) is 0 Å². The summed E-state index contributed by atoms with van der Waals surface area (Å²) >= 11 is 0. The highest BCUT2D eigenvalue weighted by molar-refractivity contribution is 5.76. The number of piperidine rings is 2. The highest BCUT2D eigenvalue weighted by Crippen LogP contribution is 2.39. The molecule has 0 radical (unpaired) electrons. The summed E-state index contributed by atoms with van der Waals surface area (Å²) in [4.78, 5) is 14.1. The summed E-state index contributed by atoms with van der Waals surface area (Å²) < 4.78 is 0. The van der Waals surface area contributed by atoms with Crippen LogP contribution in [0.15, 0.2) is 0 Å². The molecular weight excluding hydrogens is 212 g/mol. The second-order valence-corrected chi connectivity index (χ2v) is 6.23. The lowest BCUT2D eigenvalue weighted by atomic mass is 9.71. The number of hydrogen-bond donors (Lipinski definition) is 1. The molecule has 2 aliphatic heterocycles. The lowest BCUT2D eigenvalue weighted by Crippen LogP contribution is -2.47.